The zero-order valence-corrected chi connectivity index (χ0v) is 7.02. The lowest BCUT2D eigenvalue weighted by atomic mass is 9.83. The van der Waals surface area contributed by atoms with E-state index >= 15 is 0 Å². The second kappa shape index (κ2) is 3.20. The fourth-order valence-corrected chi connectivity index (χ4v) is 1.78. The number of rotatable bonds is 3. The van der Waals surface area contributed by atoms with Crippen molar-refractivity contribution in [2.75, 3.05) is 6.67 Å². The van der Waals surface area contributed by atoms with Gasteiger partial charge in [-0.1, -0.05) is 0 Å². The second-order valence-electron chi connectivity index (χ2n) is 3.56. The van der Waals surface area contributed by atoms with Gasteiger partial charge in [0.2, 0.25) is 5.92 Å². The first-order valence-electron chi connectivity index (χ1n) is 4.09. The molecule has 1 aliphatic carbocycles. The lowest BCUT2D eigenvalue weighted by Crippen LogP contribution is -2.30. The Hall–Kier alpha value is -0.740. The Balaban J connectivity index is 2.77. The third-order valence-corrected chi connectivity index (χ3v) is 2.59. The highest BCUT2D eigenvalue weighted by molar-refractivity contribution is 5.75. The van der Waals surface area contributed by atoms with Gasteiger partial charge in [-0.3, -0.25) is 9.18 Å². The number of halogens is 3. The molecule has 0 saturated heterocycles. The summed E-state index contributed by atoms with van der Waals surface area (Å²) >= 11 is 0. The molecule has 0 aliphatic heterocycles. The molecular formula is C8H11F3O2. The molecule has 0 aromatic heterocycles. The van der Waals surface area contributed by atoms with Gasteiger partial charge in [0, 0.05) is 12.8 Å². The van der Waals surface area contributed by atoms with Gasteiger partial charge < -0.3 is 5.11 Å². The van der Waals surface area contributed by atoms with E-state index in [0.29, 0.717) is 0 Å². The minimum atomic E-state index is -2.94. The van der Waals surface area contributed by atoms with Crippen molar-refractivity contribution in [3.63, 3.8) is 0 Å². The van der Waals surface area contributed by atoms with Gasteiger partial charge in [-0.05, 0) is 12.8 Å². The first-order chi connectivity index (χ1) is 5.92. The van der Waals surface area contributed by atoms with Crippen LogP contribution in [0.25, 0.3) is 0 Å². The maximum absolute atomic E-state index is 12.7. The molecule has 1 fully saturated rings. The SMILES string of the molecule is O=C(O)C1(CCF)CCC(F)(F)C1. The van der Waals surface area contributed by atoms with Crippen LogP contribution in [-0.4, -0.2) is 23.7 Å². The Bertz CT molecular complexity index is 217. The van der Waals surface area contributed by atoms with Crippen LogP contribution in [0.3, 0.4) is 0 Å². The molecule has 5 heteroatoms. The lowest BCUT2D eigenvalue weighted by molar-refractivity contribution is -0.151. The molecule has 0 amide bonds. The summed E-state index contributed by atoms with van der Waals surface area (Å²) in [7, 11) is 0. The molecule has 1 aliphatic rings. The van der Waals surface area contributed by atoms with Gasteiger partial charge in [0.1, 0.15) is 0 Å². The van der Waals surface area contributed by atoms with Gasteiger partial charge in [0.05, 0.1) is 12.1 Å². The average molecular weight is 196 g/mol. The molecule has 1 rings (SSSR count). The molecule has 2 nitrogen and oxygen atoms in total. The zero-order valence-electron chi connectivity index (χ0n) is 7.02. The minimum Gasteiger partial charge on any atom is -0.481 e. The summed E-state index contributed by atoms with van der Waals surface area (Å²) in [5.41, 5.74) is -1.53. The number of alkyl halides is 3. The van der Waals surface area contributed by atoms with E-state index in [9.17, 15) is 18.0 Å². The van der Waals surface area contributed by atoms with Gasteiger partial charge >= 0.3 is 5.97 Å². The standard InChI is InChI=1S/C8H11F3O2/c9-4-3-7(6(12)13)1-2-8(10,11)5-7/h1-5H2,(H,12,13). The van der Waals surface area contributed by atoms with Gasteiger partial charge in [0.25, 0.3) is 0 Å². The predicted octanol–water partition coefficient (Wildman–Crippen LogP) is 2.24. The Labute approximate surface area is 73.7 Å². The molecule has 0 aromatic carbocycles. The van der Waals surface area contributed by atoms with Crippen molar-refractivity contribution in [1.82, 2.24) is 0 Å². The van der Waals surface area contributed by atoms with Crippen LogP contribution in [0, 0.1) is 5.41 Å². The van der Waals surface area contributed by atoms with E-state index < -0.39 is 36.8 Å². The summed E-state index contributed by atoms with van der Waals surface area (Å²) in [4.78, 5) is 10.7. The van der Waals surface area contributed by atoms with E-state index in [2.05, 4.69) is 0 Å². The molecule has 0 bridgehead atoms. The Morgan fingerprint density at radius 2 is 2.00 bits per heavy atom. The quantitative estimate of drug-likeness (QED) is 0.751. The van der Waals surface area contributed by atoms with Crippen LogP contribution in [0.5, 0.6) is 0 Å². The van der Waals surface area contributed by atoms with Crippen molar-refractivity contribution in [3.8, 4) is 0 Å². The van der Waals surface area contributed by atoms with Crippen LogP contribution in [0.1, 0.15) is 25.7 Å². The summed E-state index contributed by atoms with van der Waals surface area (Å²) in [5, 5.41) is 8.73. The molecule has 13 heavy (non-hydrogen) atoms. The van der Waals surface area contributed by atoms with Crippen molar-refractivity contribution >= 4 is 5.97 Å². The third-order valence-electron chi connectivity index (χ3n) is 2.59. The van der Waals surface area contributed by atoms with Gasteiger partial charge in [-0.25, -0.2) is 8.78 Å². The highest BCUT2D eigenvalue weighted by atomic mass is 19.3. The number of hydrogen-bond donors (Lipinski definition) is 1. The van der Waals surface area contributed by atoms with Crippen LogP contribution in [0.4, 0.5) is 13.2 Å². The van der Waals surface area contributed by atoms with Crippen molar-refractivity contribution in [2.24, 2.45) is 5.41 Å². The molecule has 1 unspecified atom stereocenters. The normalized spacial score (nSPS) is 31.9. The number of hydrogen-bond acceptors (Lipinski definition) is 1. The highest BCUT2D eigenvalue weighted by Gasteiger charge is 2.53. The zero-order chi connectivity index (χ0) is 10.1. The molecule has 0 spiro atoms. The van der Waals surface area contributed by atoms with Crippen molar-refractivity contribution < 1.29 is 23.1 Å². The summed E-state index contributed by atoms with van der Waals surface area (Å²) in [6, 6.07) is 0. The largest absolute Gasteiger partial charge is 0.481 e. The predicted molar refractivity (Wildman–Crippen MR) is 39.5 cm³/mol. The van der Waals surface area contributed by atoms with Crippen LogP contribution in [0.2, 0.25) is 0 Å². The molecule has 0 radical (unpaired) electrons. The van der Waals surface area contributed by atoms with Crippen LogP contribution < -0.4 is 0 Å². The Morgan fingerprint density at radius 1 is 1.38 bits per heavy atom. The summed E-state index contributed by atoms with van der Waals surface area (Å²) in [6.07, 6.45) is -1.60. The van der Waals surface area contributed by atoms with E-state index in [1.165, 1.54) is 0 Å². The first kappa shape index (κ1) is 10.3. The number of aliphatic carboxylic acids is 1. The molecular weight excluding hydrogens is 185 g/mol. The summed E-state index contributed by atoms with van der Waals surface area (Å²) in [5.74, 6) is -4.24. The van der Waals surface area contributed by atoms with Gasteiger partial charge in [-0.15, -0.1) is 0 Å². The van der Waals surface area contributed by atoms with E-state index in [1.807, 2.05) is 0 Å². The molecule has 1 atom stereocenters. The summed E-state index contributed by atoms with van der Waals surface area (Å²) in [6.45, 7) is -0.859. The monoisotopic (exact) mass is 196 g/mol. The molecule has 0 heterocycles. The Kier molecular flexibility index (Phi) is 2.54. The maximum atomic E-state index is 12.7. The van der Waals surface area contributed by atoms with Gasteiger partial charge in [0.15, 0.2) is 0 Å². The maximum Gasteiger partial charge on any atom is 0.309 e. The van der Waals surface area contributed by atoms with Crippen molar-refractivity contribution in [3.05, 3.63) is 0 Å². The molecule has 0 aromatic rings. The van der Waals surface area contributed by atoms with Crippen LogP contribution >= 0.6 is 0 Å². The van der Waals surface area contributed by atoms with Crippen LogP contribution in [-0.2, 0) is 4.79 Å². The van der Waals surface area contributed by atoms with Crippen molar-refractivity contribution in [1.29, 1.82) is 0 Å². The van der Waals surface area contributed by atoms with Gasteiger partial charge in [-0.2, -0.15) is 0 Å². The molecule has 1 N–H and O–H groups in total. The minimum absolute atomic E-state index is 0.126. The smallest absolute Gasteiger partial charge is 0.309 e. The fraction of sp³-hybridized carbons (Fsp3) is 0.875. The average Bonchev–Trinajstić information content (AvgIpc) is 2.28. The van der Waals surface area contributed by atoms with Crippen LogP contribution in [0.15, 0.2) is 0 Å². The second-order valence-corrected chi connectivity index (χ2v) is 3.56. The first-order valence-corrected chi connectivity index (χ1v) is 4.09. The third kappa shape index (κ3) is 1.95. The topological polar surface area (TPSA) is 37.3 Å². The number of carboxylic acid groups (broad SMARTS) is 1. The highest BCUT2D eigenvalue weighted by Crippen LogP contribution is 2.49. The van der Waals surface area contributed by atoms with Crippen molar-refractivity contribution in [2.45, 2.75) is 31.6 Å². The number of carbonyl (C=O) groups is 1. The molecule has 76 valence electrons. The Morgan fingerprint density at radius 3 is 2.31 bits per heavy atom. The fourth-order valence-electron chi connectivity index (χ4n) is 1.78. The van der Waals surface area contributed by atoms with E-state index in [1.54, 1.807) is 0 Å². The van der Waals surface area contributed by atoms with E-state index in [4.69, 9.17) is 5.11 Å². The van der Waals surface area contributed by atoms with E-state index in [-0.39, 0.29) is 12.8 Å². The van der Waals surface area contributed by atoms with E-state index in [0.717, 1.165) is 0 Å². The lowest BCUT2D eigenvalue weighted by Gasteiger charge is -2.22. The number of carboxylic acids is 1. The molecule has 1 saturated carbocycles. The summed E-state index contributed by atoms with van der Waals surface area (Å²) < 4.78 is 37.5.